The molecule has 2 saturated heterocycles. The fraction of sp³-hybridized carbons (Fsp3) is 0.600. The van der Waals surface area contributed by atoms with Crippen molar-refractivity contribution in [2.24, 2.45) is 5.73 Å². The Morgan fingerprint density at radius 2 is 1.95 bits per heavy atom. The van der Waals surface area contributed by atoms with E-state index in [2.05, 4.69) is 4.90 Å². The smallest absolute Gasteiger partial charge is 0.274 e. The van der Waals surface area contributed by atoms with Gasteiger partial charge >= 0.3 is 0 Å². The first-order valence-electron chi connectivity index (χ1n) is 7.36. The van der Waals surface area contributed by atoms with Crippen LogP contribution in [-0.2, 0) is 0 Å². The van der Waals surface area contributed by atoms with Gasteiger partial charge in [0.1, 0.15) is 0 Å². The van der Waals surface area contributed by atoms with E-state index in [0.29, 0.717) is 12.1 Å². The molecule has 2 fully saturated rings. The van der Waals surface area contributed by atoms with Crippen LogP contribution in [0.25, 0.3) is 0 Å². The Morgan fingerprint density at radius 3 is 2.55 bits per heavy atom. The molecule has 2 aliphatic heterocycles. The van der Waals surface area contributed by atoms with Crippen LogP contribution in [0.3, 0.4) is 0 Å². The monoisotopic (exact) mass is 275 g/mol. The lowest BCUT2D eigenvalue weighted by atomic mass is 9.81. The minimum Gasteiger partial charge on any atom is -0.365 e. The molecule has 2 atom stereocenters. The van der Waals surface area contributed by atoms with Gasteiger partial charge in [0.05, 0.1) is 10.5 Å². The molecule has 0 amide bonds. The molecule has 108 valence electrons. The lowest BCUT2D eigenvalue weighted by Gasteiger charge is -2.50. The summed E-state index contributed by atoms with van der Waals surface area (Å²) in [6, 6.07) is 6.57. The molecule has 2 heterocycles. The summed E-state index contributed by atoms with van der Waals surface area (Å²) in [4.78, 5) is 13.2. The summed E-state index contributed by atoms with van der Waals surface area (Å²) in [6.07, 6.45) is 5.53. The van der Waals surface area contributed by atoms with Crippen LogP contribution in [0.4, 0.5) is 11.4 Å². The third-order valence-electron chi connectivity index (χ3n) is 4.76. The third kappa shape index (κ3) is 2.16. The van der Waals surface area contributed by atoms with E-state index in [-0.39, 0.29) is 16.7 Å². The van der Waals surface area contributed by atoms with Crippen LogP contribution in [0.1, 0.15) is 37.7 Å². The second-order valence-corrected chi connectivity index (χ2v) is 6.06. The molecule has 0 spiro atoms. The molecule has 3 rings (SSSR count). The van der Waals surface area contributed by atoms with Crippen molar-refractivity contribution in [1.82, 2.24) is 0 Å². The van der Waals surface area contributed by atoms with Crippen LogP contribution in [-0.4, -0.2) is 23.0 Å². The number of benzene rings is 1. The molecular weight excluding hydrogens is 254 g/mol. The molecule has 2 bridgehead atoms. The van der Waals surface area contributed by atoms with E-state index in [0.717, 1.165) is 36.9 Å². The molecule has 5 heteroatoms. The quantitative estimate of drug-likeness (QED) is 0.665. The number of nitrogens with zero attached hydrogens (tertiary/aromatic N) is 2. The minimum absolute atomic E-state index is 0.218. The topological polar surface area (TPSA) is 72.4 Å². The van der Waals surface area contributed by atoms with Gasteiger partial charge in [-0.3, -0.25) is 10.1 Å². The van der Waals surface area contributed by atoms with Crippen LogP contribution in [0.5, 0.6) is 0 Å². The summed E-state index contributed by atoms with van der Waals surface area (Å²) in [5, 5.41) is 11.1. The zero-order valence-corrected chi connectivity index (χ0v) is 11.8. The van der Waals surface area contributed by atoms with Crippen molar-refractivity contribution in [1.29, 1.82) is 0 Å². The van der Waals surface area contributed by atoms with Crippen LogP contribution in [0.2, 0.25) is 0 Å². The molecule has 1 aromatic rings. The predicted molar refractivity (Wildman–Crippen MR) is 78.9 cm³/mol. The average Bonchev–Trinajstić information content (AvgIpc) is 2.38. The minimum atomic E-state index is -0.287. The SMILES string of the molecule is Cc1c(N2C3CCCC2CC(N)C3)cccc1[N+](=O)[O-]. The molecule has 0 radical (unpaired) electrons. The van der Waals surface area contributed by atoms with Gasteiger partial charge in [-0.1, -0.05) is 6.07 Å². The third-order valence-corrected chi connectivity index (χ3v) is 4.76. The van der Waals surface area contributed by atoms with Crippen molar-refractivity contribution in [2.75, 3.05) is 4.90 Å². The van der Waals surface area contributed by atoms with Gasteiger partial charge in [0.25, 0.3) is 5.69 Å². The predicted octanol–water partition coefficient (Wildman–Crippen LogP) is 2.75. The van der Waals surface area contributed by atoms with Gasteiger partial charge < -0.3 is 10.6 Å². The van der Waals surface area contributed by atoms with Crippen LogP contribution >= 0.6 is 0 Å². The van der Waals surface area contributed by atoms with Gasteiger partial charge in [0, 0.05) is 29.9 Å². The number of anilines is 1. The maximum Gasteiger partial charge on any atom is 0.274 e. The molecule has 2 N–H and O–H groups in total. The van der Waals surface area contributed by atoms with Crippen LogP contribution in [0, 0.1) is 17.0 Å². The molecule has 2 aliphatic rings. The molecule has 0 aromatic heterocycles. The van der Waals surface area contributed by atoms with Crippen molar-refractivity contribution in [2.45, 2.75) is 57.2 Å². The molecule has 20 heavy (non-hydrogen) atoms. The fourth-order valence-electron chi connectivity index (χ4n) is 3.91. The maximum absolute atomic E-state index is 11.1. The van der Waals surface area contributed by atoms with Gasteiger partial charge in [-0.2, -0.15) is 0 Å². The number of nitro groups is 1. The van der Waals surface area contributed by atoms with Crippen LogP contribution < -0.4 is 10.6 Å². The number of nitro benzene ring substituents is 1. The van der Waals surface area contributed by atoms with E-state index >= 15 is 0 Å². The van der Waals surface area contributed by atoms with Crippen molar-refractivity contribution >= 4 is 11.4 Å². The number of piperidine rings is 2. The first-order chi connectivity index (χ1) is 9.58. The highest BCUT2D eigenvalue weighted by atomic mass is 16.6. The summed E-state index contributed by atoms with van der Waals surface area (Å²) >= 11 is 0. The summed E-state index contributed by atoms with van der Waals surface area (Å²) in [6.45, 7) is 1.86. The molecule has 2 unspecified atom stereocenters. The van der Waals surface area contributed by atoms with Gasteiger partial charge in [-0.25, -0.2) is 0 Å². The first kappa shape index (κ1) is 13.4. The highest BCUT2D eigenvalue weighted by Gasteiger charge is 2.38. The van der Waals surface area contributed by atoms with E-state index in [1.165, 1.54) is 6.42 Å². The highest BCUT2D eigenvalue weighted by Crippen LogP contribution is 2.40. The summed E-state index contributed by atoms with van der Waals surface area (Å²) in [7, 11) is 0. The van der Waals surface area contributed by atoms with Gasteiger partial charge in [0.15, 0.2) is 0 Å². The van der Waals surface area contributed by atoms with E-state index < -0.39 is 0 Å². The van der Waals surface area contributed by atoms with Crippen molar-refractivity contribution in [3.05, 3.63) is 33.9 Å². The molecule has 0 saturated carbocycles. The van der Waals surface area contributed by atoms with Gasteiger partial charge in [0.2, 0.25) is 0 Å². The van der Waals surface area contributed by atoms with Crippen LogP contribution in [0.15, 0.2) is 18.2 Å². The molecular formula is C15H21N3O2. The maximum atomic E-state index is 11.1. The Kier molecular flexibility index (Phi) is 3.38. The second kappa shape index (κ2) is 5.05. The number of nitrogens with two attached hydrogens (primary N) is 1. The molecule has 0 aliphatic carbocycles. The summed E-state index contributed by atoms with van der Waals surface area (Å²) in [5.41, 5.74) is 8.18. The van der Waals surface area contributed by atoms with Crippen molar-refractivity contribution in [3.63, 3.8) is 0 Å². The average molecular weight is 275 g/mol. The van der Waals surface area contributed by atoms with Crippen molar-refractivity contribution in [3.8, 4) is 0 Å². The Labute approximate surface area is 118 Å². The van der Waals surface area contributed by atoms with Crippen molar-refractivity contribution < 1.29 is 4.92 Å². The van der Waals surface area contributed by atoms with E-state index in [9.17, 15) is 10.1 Å². The lowest BCUT2D eigenvalue weighted by molar-refractivity contribution is -0.385. The number of hydrogen-bond donors (Lipinski definition) is 1. The van der Waals surface area contributed by atoms with E-state index in [1.807, 2.05) is 13.0 Å². The second-order valence-electron chi connectivity index (χ2n) is 6.06. The lowest BCUT2D eigenvalue weighted by Crippen LogP contribution is -2.55. The molecule has 1 aromatic carbocycles. The Bertz CT molecular complexity index is 518. The number of fused-ring (bicyclic) bond motifs is 2. The highest BCUT2D eigenvalue weighted by molar-refractivity contribution is 5.63. The zero-order valence-electron chi connectivity index (χ0n) is 11.8. The van der Waals surface area contributed by atoms with Gasteiger partial charge in [-0.15, -0.1) is 0 Å². The number of hydrogen-bond acceptors (Lipinski definition) is 4. The standard InChI is InChI=1S/C15H21N3O2/c1-10-14(6-3-7-15(10)18(19)20)17-12-4-2-5-13(17)9-11(16)8-12/h3,6-7,11-13H,2,4-5,8-9,16H2,1H3. The Hall–Kier alpha value is -1.62. The summed E-state index contributed by atoms with van der Waals surface area (Å²) < 4.78 is 0. The Balaban J connectivity index is 2.00. The normalized spacial score (nSPS) is 29.3. The fourth-order valence-corrected chi connectivity index (χ4v) is 3.91. The largest absolute Gasteiger partial charge is 0.365 e. The van der Waals surface area contributed by atoms with E-state index in [1.54, 1.807) is 12.1 Å². The first-order valence-corrected chi connectivity index (χ1v) is 7.36. The van der Waals surface area contributed by atoms with Gasteiger partial charge in [-0.05, 0) is 45.1 Å². The molecule has 5 nitrogen and oxygen atoms in total. The van der Waals surface area contributed by atoms with E-state index in [4.69, 9.17) is 5.73 Å². The zero-order chi connectivity index (χ0) is 14.3. The summed E-state index contributed by atoms with van der Waals surface area (Å²) in [5.74, 6) is 0. The number of rotatable bonds is 2. The Morgan fingerprint density at radius 1 is 1.30 bits per heavy atom.